The Morgan fingerprint density at radius 1 is 1.26 bits per heavy atom. The Kier molecular flexibility index (Phi) is 7.14. The van der Waals surface area contributed by atoms with Crippen molar-refractivity contribution in [1.29, 1.82) is 0 Å². The van der Waals surface area contributed by atoms with Gasteiger partial charge in [-0.15, -0.1) is 0 Å². The third kappa shape index (κ3) is 4.30. The molecule has 1 heterocycles. The Labute approximate surface area is 140 Å². The van der Waals surface area contributed by atoms with Crippen LogP contribution in [0.3, 0.4) is 0 Å². The van der Waals surface area contributed by atoms with E-state index in [0.29, 0.717) is 12.8 Å². The molecule has 0 radical (unpaired) electrons. The third-order valence-corrected chi connectivity index (χ3v) is 5.75. The zero-order valence-corrected chi connectivity index (χ0v) is 15.3. The molecule has 0 aromatic rings. The number of nitrogens with one attached hydrogen (secondary N) is 1. The van der Waals surface area contributed by atoms with Gasteiger partial charge in [0.1, 0.15) is 17.8 Å². The van der Waals surface area contributed by atoms with Crippen LogP contribution >= 0.6 is 0 Å². The molecule has 3 unspecified atom stereocenters. The van der Waals surface area contributed by atoms with Gasteiger partial charge in [-0.25, -0.2) is 0 Å². The van der Waals surface area contributed by atoms with Gasteiger partial charge >= 0.3 is 0 Å². The van der Waals surface area contributed by atoms with Crippen molar-refractivity contribution in [3.63, 3.8) is 0 Å². The van der Waals surface area contributed by atoms with Crippen LogP contribution < -0.4 is 5.23 Å². The topological polar surface area (TPSA) is 66.5 Å². The van der Waals surface area contributed by atoms with Gasteiger partial charge in [-0.05, 0) is 53.0 Å². The molecular formula is C17H31BN2O3. The van der Waals surface area contributed by atoms with Crippen LogP contribution in [0.2, 0.25) is 0 Å². The van der Waals surface area contributed by atoms with Gasteiger partial charge in [0.05, 0.1) is 17.1 Å². The molecule has 0 amide bonds. The number of nitrogens with zero attached hydrogens (tertiary/aromatic N) is 1. The molecule has 130 valence electrons. The maximum Gasteiger partial charge on any atom is 0.286 e. The summed E-state index contributed by atoms with van der Waals surface area (Å²) in [5.41, 5.74) is -1.28. The quantitative estimate of drug-likeness (QED) is 0.514. The first-order chi connectivity index (χ1) is 10.7. The van der Waals surface area contributed by atoms with Crippen molar-refractivity contribution in [2.45, 2.75) is 83.8 Å². The summed E-state index contributed by atoms with van der Waals surface area (Å²) < 4.78 is 0. The Bertz CT molecular complexity index is 457. The Morgan fingerprint density at radius 2 is 1.91 bits per heavy atom. The van der Waals surface area contributed by atoms with E-state index >= 15 is 0 Å². The second kappa shape index (κ2) is 8.20. The summed E-state index contributed by atoms with van der Waals surface area (Å²) in [6.45, 7) is 10.0. The first-order valence-corrected chi connectivity index (χ1v) is 8.76. The first-order valence-electron chi connectivity index (χ1n) is 8.76. The number of Topliss-reactive ketones (excluding diaryl/α,β-unsaturated/α-hetero) is 1. The van der Waals surface area contributed by atoms with Crippen LogP contribution in [0.1, 0.15) is 66.7 Å². The Hall–Kier alpha value is -1.01. The van der Waals surface area contributed by atoms with Crippen LogP contribution in [-0.4, -0.2) is 53.7 Å². The summed E-state index contributed by atoms with van der Waals surface area (Å²) >= 11 is 0. The molecule has 5 nitrogen and oxygen atoms in total. The second-order valence-electron chi connectivity index (χ2n) is 7.04. The summed E-state index contributed by atoms with van der Waals surface area (Å²) in [5, 5.41) is 3.14. The lowest BCUT2D eigenvalue weighted by Crippen LogP contribution is -2.63. The highest BCUT2D eigenvalue weighted by Gasteiger charge is 2.42. The zero-order chi connectivity index (χ0) is 17.7. The van der Waals surface area contributed by atoms with Gasteiger partial charge in [-0.1, -0.05) is 20.3 Å². The minimum absolute atomic E-state index is 0.0368. The van der Waals surface area contributed by atoms with Gasteiger partial charge in [0.2, 0.25) is 0 Å². The van der Waals surface area contributed by atoms with Crippen molar-refractivity contribution in [3.05, 3.63) is 0 Å². The number of rotatable bonds is 9. The second-order valence-corrected chi connectivity index (χ2v) is 7.04. The van der Waals surface area contributed by atoms with Crippen LogP contribution in [0.25, 0.3) is 0 Å². The van der Waals surface area contributed by atoms with E-state index in [9.17, 15) is 14.4 Å². The number of likely N-dealkylation sites (tertiary alicyclic amines) is 1. The molecule has 3 atom stereocenters. The molecule has 6 heteroatoms. The number of aldehydes is 1. The molecular weight excluding hydrogens is 291 g/mol. The molecule has 1 aliphatic heterocycles. The fourth-order valence-electron chi connectivity index (χ4n) is 3.24. The van der Waals surface area contributed by atoms with Crippen LogP contribution in [0.4, 0.5) is 0 Å². The zero-order valence-electron chi connectivity index (χ0n) is 15.3. The lowest BCUT2D eigenvalue weighted by Gasteiger charge is -2.45. The van der Waals surface area contributed by atoms with Crippen molar-refractivity contribution in [2.24, 2.45) is 0 Å². The van der Waals surface area contributed by atoms with Gasteiger partial charge in [0.25, 0.3) is 7.41 Å². The van der Waals surface area contributed by atoms with E-state index in [0.717, 1.165) is 32.1 Å². The van der Waals surface area contributed by atoms with Crippen LogP contribution in [0, 0.1) is 0 Å². The lowest BCUT2D eigenvalue weighted by atomic mass is 9.69. The minimum atomic E-state index is -0.670. The monoisotopic (exact) mass is 322 g/mol. The number of ketones is 1. The molecule has 0 aliphatic carbocycles. The normalized spacial score (nSPS) is 24.3. The Balaban J connectivity index is 2.88. The van der Waals surface area contributed by atoms with E-state index in [4.69, 9.17) is 0 Å². The van der Waals surface area contributed by atoms with E-state index in [1.807, 2.05) is 27.7 Å². The number of hydrogen-bond donors (Lipinski definition) is 1. The highest BCUT2D eigenvalue weighted by atomic mass is 16.1. The lowest BCUT2D eigenvalue weighted by molar-refractivity contribution is -0.129. The summed E-state index contributed by atoms with van der Waals surface area (Å²) in [7, 11) is 0.149. The molecule has 0 aromatic carbocycles. The maximum absolute atomic E-state index is 12.9. The largest absolute Gasteiger partial charge is 0.341 e. The van der Waals surface area contributed by atoms with E-state index in [1.54, 1.807) is 6.92 Å². The number of carbonyl (C=O) groups excluding carboxylic acids is 3. The van der Waals surface area contributed by atoms with Crippen molar-refractivity contribution in [2.75, 3.05) is 6.54 Å². The minimum Gasteiger partial charge on any atom is -0.341 e. The van der Waals surface area contributed by atoms with Crippen molar-refractivity contribution in [1.82, 2.24) is 10.1 Å². The molecule has 23 heavy (non-hydrogen) atoms. The molecule has 0 saturated carbocycles. The molecule has 1 N–H and O–H groups in total. The van der Waals surface area contributed by atoms with Crippen LogP contribution in [0.5, 0.6) is 0 Å². The molecule has 1 aliphatic rings. The predicted molar refractivity (Wildman–Crippen MR) is 93.8 cm³/mol. The SMILES string of the molecule is CCC(C)(NBC(=O)C(C)(CC)N1CCCCC1C=O)C(C)=O. The number of carbonyl (C=O) groups is 3. The summed E-state index contributed by atoms with van der Waals surface area (Å²) in [4.78, 5) is 38.2. The summed E-state index contributed by atoms with van der Waals surface area (Å²) in [6, 6.07) is -0.178. The van der Waals surface area contributed by atoms with Gasteiger partial charge in [0.15, 0.2) is 0 Å². The summed E-state index contributed by atoms with van der Waals surface area (Å²) in [6.07, 6.45) is 5.13. The van der Waals surface area contributed by atoms with Crippen LogP contribution in [-0.2, 0) is 14.4 Å². The van der Waals surface area contributed by atoms with E-state index in [2.05, 4.69) is 10.1 Å². The molecule has 0 aromatic heterocycles. The first kappa shape index (κ1) is 20.0. The Morgan fingerprint density at radius 3 is 2.39 bits per heavy atom. The summed E-state index contributed by atoms with van der Waals surface area (Å²) in [5.74, 6) is 0.0368. The molecule has 1 fully saturated rings. The highest BCUT2D eigenvalue weighted by molar-refractivity contribution is 6.74. The van der Waals surface area contributed by atoms with Crippen molar-refractivity contribution in [3.8, 4) is 0 Å². The average molecular weight is 322 g/mol. The van der Waals surface area contributed by atoms with E-state index in [-0.39, 0.29) is 24.9 Å². The molecule has 0 bridgehead atoms. The van der Waals surface area contributed by atoms with E-state index < -0.39 is 11.1 Å². The fraction of sp³-hybridized carbons (Fsp3) is 0.824. The fourth-order valence-corrected chi connectivity index (χ4v) is 3.24. The molecule has 1 rings (SSSR count). The van der Waals surface area contributed by atoms with Crippen LogP contribution in [0.15, 0.2) is 0 Å². The number of piperidine rings is 1. The number of hydrogen-bond acceptors (Lipinski definition) is 5. The molecule has 0 spiro atoms. The predicted octanol–water partition coefficient (Wildman–Crippen LogP) is 1.43. The maximum atomic E-state index is 12.9. The van der Waals surface area contributed by atoms with E-state index in [1.165, 1.54) is 0 Å². The van der Waals surface area contributed by atoms with Crippen molar-refractivity contribution < 1.29 is 14.4 Å². The van der Waals surface area contributed by atoms with Gasteiger partial charge in [0, 0.05) is 0 Å². The average Bonchev–Trinajstić information content (AvgIpc) is 2.58. The van der Waals surface area contributed by atoms with Gasteiger partial charge in [-0.3, -0.25) is 9.69 Å². The smallest absolute Gasteiger partial charge is 0.286 e. The van der Waals surface area contributed by atoms with Crippen molar-refractivity contribution >= 4 is 25.2 Å². The standard InChI is InChI=1S/C17H31BN2O3/c1-6-16(4,13(3)22)19-18-15(23)17(5,7-2)20-11-9-8-10-14(20)12-21/h12,14,18-19H,6-11H2,1-5H3. The third-order valence-electron chi connectivity index (χ3n) is 5.75. The van der Waals surface area contributed by atoms with Gasteiger partial charge in [-0.2, -0.15) is 0 Å². The highest BCUT2D eigenvalue weighted by Crippen LogP contribution is 2.28. The molecule has 1 saturated heterocycles. The van der Waals surface area contributed by atoms with Gasteiger partial charge < -0.3 is 14.8 Å².